The number of aromatic nitrogens is 2. The van der Waals surface area contributed by atoms with Gasteiger partial charge in [0.15, 0.2) is 0 Å². The van der Waals surface area contributed by atoms with Crippen LogP contribution in [0.5, 0.6) is 0 Å². The Bertz CT molecular complexity index is 350. The number of nitrogens with one attached hydrogen (secondary N) is 1. The minimum absolute atomic E-state index is 0.140. The quantitative estimate of drug-likeness (QED) is 0.844. The molecule has 0 unspecified atom stereocenters. The van der Waals surface area contributed by atoms with Gasteiger partial charge in [0.2, 0.25) is 0 Å². The van der Waals surface area contributed by atoms with Crippen molar-refractivity contribution < 1.29 is 0 Å². The molecular weight excluding hydrogens is 198 g/mol. The highest BCUT2D eigenvalue weighted by atomic mass is 15.0. The van der Waals surface area contributed by atoms with Crippen LogP contribution in [0, 0.1) is 5.92 Å². The second-order valence-corrected chi connectivity index (χ2v) is 5.72. The summed E-state index contributed by atoms with van der Waals surface area (Å²) in [6, 6.07) is 2.00. The summed E-state index contributed by atoms with van der Waals surface area (Å²) < 4.78 is 0. The predicted molar refractivity (Wildman–Crippen MR) is 65.1 cm³/mol. The van der Waals surface area contributed by atoms with Crippen LogP contribution in [0.15, 0.2) is 12.3 Å². The highest BCUT2D eigenvalue weighted by Crippen LogP contribution is 2.31. The van der Waals surface area contributed by atoms with Gasteiger partial charge in [0.25, 0.3) is 0 Å². The Balaban J connectivity index is 1.92. The van der Waals surface area contributed by atoms with Crippen LogP contribution in [-0.2, 0) is 13.0 Å². The van der Waals surface area contributed by atoms with Crippen LogP contribution in [0.25, 0.3) is 0 Å². The predicted octanol–water partition coefficient (Wildman–Crippen LogP) is 2.32. The minimum atomic E-state index is 0.140. The smallest absolute Gasteiger partial charge is 0.128 e. The van der Waals surface area contributed by atoms with Gasteiger partial charge in [0.05, 0.1) is 5.69 Å². The molecule has 0 bridgehead atoms. The zero-order chi connectivity index (χ0) is 11.6. The van der Waals surface area contributed by atoms with E-state index in [4.69, 9.17) is 0 Å². The third-order valence-electron chi connectivity index (χ3n) is 2.73. The summed E-state index contributed by atoms with van der Waals surface area (Å²) >= 11 is 0. The molecule has 1 aromatic heterocycles. The monoisotopic (exact) mass is 219 g/mol. The SMILES string of the molecule is CC(C)(C)NCc1ccnc(CC2CC2)n1. The van der Waals surface area contributed by atoms with Crippen molar-refractivity contribution in [1.82, 2.24) is 15.3 Å². The van der Waals surface area contributed by atoms with Crippen molar-refractivity contribution in [2.45, 2.75) is 52.1 Å². The molecule has 1 saturated carbocycles. The van der Waals surface area contributed by atoms with Gasteiger partial charge in [-0.3, -0.25) is 0 Å². The van der Waals surface area contributed by atoms with Gasteiger partial charge in [-0.25, -0.2) is 9.97 Å². The third kappa shape index (κ3) is 3.89. The highest BCUT2D eigenvalue weighted by Gasteiger charge is 2.22. The molecular formula is C13H21N3. The Morgan fingerprint density at radius 1 is 1.38 bits per heavy atom. The summed E-state index contributed by atoms with van der Waals surface area (Å²) in [6.45, 7) is 7.32. The van der Waals surface area contributed by atoms with Gasteiger partial charge in [-0.15, -0.1) is 0 Å². The Labute approximate surface area is 97.7 Å². The van der Waals surface area contributed by atoms with Gasteiger partial charge in [0, 0.05) is 24.7 Å². The maximum atomic E-state index is 4.58. The van der Waals surface area contributed by atoms with Crippen molar-refractivity contribution in [3.05, 3.63) is 23.8 Å². The van der Waals surface area contributed by atoms with Crippen molar-refractivity contribution in [1.29, 1.82) is 0 Å². The molecule has 1 aliphatic rings. The van der Waals surface area contributed by atoms with E-state index >= 15 is 0 Å². The van der Waals surface area contributed by atoms with E-state index in [1.54, 1.807) is 0 Å². The van der Waals surface area contributed by atoms with Gasteiger partial charge in [-0.1, -0.05) is 0 Å². The fourth-order valence-corrected chi connectivity index (χ4v) is 1.57. The summed E-state index contributed by atoms with van der Waals surface area (Å²) in [6.07, 6.45) is 5.65. The molecule has 1 N–H and O–H groups in total. The fraction of sp³-hybridized carbons (Fsp3) is 0.692. The third-order valence-corrected chi connectivity index (χ3v) is 2.73. The first-order valence-electron chi connectivity index (χ1n) is 6.09. The molecule has 88 valence electrons. The molecule has 0 aliphatic heterocycles. The molecule has 1 aromatic rings. The lowest BCUT2D eigenvalue weighted by Gasteiger charge is -2.20. The van der Waals surface area contributed by atoms with Crippen molar-refractivity contribution in [2.75, 3.05) is 0 Å². The summed E-state index contributed by atoms with van der Waals surface area (Å²) in [5.41, 5.74) is 1.24. The summed E-state index contributed by atoms with van der Waals surface area (Å²) in [7, 11) is 0. The van der Waals surface area contributed by atoms with E-state index in [0.29, 0.717) is 0 Å². The Morgan fingerprint density at radius 3 is 2.75 bits per heavy atom. The molecule has 0 atom stereocenters. The van der Waals surface area contributed by atoms with Crippen LogP contribution < -0.4 is 5.32 Å². The van der Waals surface area contributed by atoms with Crippen LogP contribution in [-0.4, -0.2) is 15.5 Å². The molecule has 0 amide bonds. The van der Waals surface area contributed by atoms with Crippen molar-refractivity contribution in [3.63, 3.8) is 0 Å². The van der Waals surface area contributed by atoms with Crippen molar-refractivity contribution in [2.24, 2.45) is 5.92 Å². The summed E-state index contributed by atoms with van der Waals surface area (Å²) in [5.74, 6) is 1.86. The molecule has 0 saturated heterocycles. The standard InChI is InChI=1S/C13H21N3/c1-13(2,3)15-9-11-6-7-14-12(16-11)8-10-4-5-10/h6-7,10,15H,4-5,8-9H2,1-3H3. The second kappa shape index (κ2) is 4.50. The van der Waals surface area contributed by atoms with E-state index < -0.39 is 0 Å². The lowest BCUT2D eigenvalue weighted by atomic mass is 10.1. The number of nitrogens with zero attached hydrogens (tertiary/aromatic N) is 2. The van der Waals surface area contributed by atoms with E-state index in [1.807, 2.05) is 12.3 Å². The van der Waals surface area contributed by atoms with Crippen LogP contribution >= 0.6 is 0 Å². The lowest BCUT2D eigenvalue weighted by molar-refractivity contribution is 0.420. The fourth-order valence-electron chi connectivity index (χ4n) is 1.57. The molecule has 2 rings (SSSR count). The van der Waals surface area contributed by atoms with Gasteiger partial charge >= 0.3 is 0 Å². The van der Waals surface area contributed by atoms with Gasteiger partial charge in [-0.05, 0) is 45.6 Å². The average molecular weight is 219 g/mol. The normalized spacial score (nSPS) is 16.4. The van der Waals surface area contributed by atoms with Crippen molar-refractivity contribution in [3.8, 4) is 0 Å². The van der Waals surface area contributed by atoms with E-state index in [0.717, 1.165) is 30.4 Å². The Hall–Kier alpha value is -0.960. The molecule has 1 heterocycles. The van der Waals surface area contributed by atoms with E-state index in [9.17, 15) is 0 Å². The van der Waals surface area contributed by atoms with Crippen LogP contribution in [0.1, 0.15) is 45.1 Å². The number of hydrogen-bond donors (Lipinski definition) is 1. The molecule has 1 fully saturated rings. The second-order valence-electron chi connectivity index (χ2n) is 5.72. The van der Waals surface area contributed by atoms with Gasteiger partial charge < -0.3 is 5.32 Å². The number of hydrogen-bond acceptors (Lipinski definition) is 3. The zero-order valence-electron chi connectivity index (χ0n) is 10.5. The van der Waals surface area contributed by atoms with Crippen LogP contribution in [0.4, 0.5) is 0 Å². The summed E-state index contributed by atoms with van der Waals surface area (Å²) in [5, 5.41) is 3.44. The van der Waals surface area contributed by atoms with Crippen LogP contribution in [0.3, 0.4) is 0 Å². The van der Waals surface area contributed by atoms with Crippen molar-refractivity contribution >= 4 is 0 Å². The van der Waals surface area contributed by atoms with E-state index in [2.05, 4.69) is 36.1 Å². The zero-order valence-corrected chi connectivity index (χ0v) is 10.5. The largest absolute Gasteiger partial charge is 0.306 e. The topological polar surface area (TPSA) is 37.8 Å². The lowest BCUT2D eigenvalue weighted by Crippen LogP contribution is -2.35. The van der Waals surface area contributed by atoms with Gasteiger partial charge in [0.1, 0.15) is 5.82 Å². The first kappa shape index (κ1) is 11.5. The minimum Gasteiger partial charge on any atom is -0.306 e. The maximum absolute atomic E-state index is 4.58. The molecule has 0 aromatic carbocycles. The molecule has 3 nitrogen and oxygen atoms in total. The van der Waals surface area contributed by atoms with E-state index in [1.165, 1.54) is 12.8 Å². The van der Waals surface area contributed by atoms with E-state index in [-0.39, 0.29) is 5.54 Å². The maximum Gasteiger partial charge on any atom is 0.128 e. The molecule has 1 aliphatic carbocycles. The number of rotatable bonds is 4. The Morgan fingerprint density at radius 2 is 2.12 bits per heavy atom. The average Bonchev–Trinajstić information content (AvgIpc) is 2.98. The highest BCUT2D eigenvalue weighted by molar-refractivity contribution is 5.04. The van der Waals surface area contributed by atoms with Gasteiger partial charge in [-0.2, -0.15) is 0 Å². The van der Waals surface area contributed by atoms with Crippen LogP contribution in [0.2, 0.25) is 0 Å². The first-order chi connectivity index (χ1) is 7.53. The molecule has 0 radical (unpaired) electrons. The summed E-state index contributed by atoms with van der Waals surface area (Å²) in [4.78, 5) is 8.91. The molecule has 3 heteroatoms. The Kier molecular flexibility index (Phi) is 3.24. The molecule has 0 spiro atoms. The first-order valence-corrected chi connectivity index (χ1v) is 6.09. The molecule has 16 heavy (non-hydrogen) atoms.